The second kappa shape index (κ2) is 4.59. The Morgan fingerprint density at radius 2 is 1.88 bits per heavy atom. The largest absolute Gasteiger partial charge is 0.394 e. The maximum atomic E-state index is 6.21. The van der Waals surface area contributed by atoms with Crippen molar-refractivity contribution in [3.05, 3.63) is 5.69 Å². The van der Waals surface area contributed by atoms with Gasteiger partial charge in [-0.3, -0.25) is 4.68 Å². The summed E-state index contributed by atoms with van der Waals surface area (Å²) in [5.41, 5.74) is 8.10. The molecule has 0 bridgehead atoms. The number of nitrogens with two attached hydrogens (primary N) is 1. The normalized spacial score (nSPS) is 25.3. The Balaban J connectivity index is 2.30. The summed E-state index contributed by atoms with van der Waals surface area (Å²) in [7, 11) is 1.99. The van der Waals surface area contributed by atoms with E-state index in [1.54, 1.807) is 0 Å². The van der Waals surface area contributed by atoms with Crippen LogP contribution in [0.4, 0.5) is 11.5 Å². The average Bonchev–Trinajstić information content (AvgIpc) is 2.52. The molecule has 2 atom stereocenters. The number of anilines is 2. The summed E-state index contributed by atoms with van der Waals surface area (Å²) in [6, 6.07) is 0. The van der Waals surface area contributed by atoms with Crippen molar-refractivity contribution >= 4 is 11.5 Å². The van der Waals surface area contributed by atoms with Crippen LogP contribution < -0.4 is 10.6 Å². The quantitative estimate of drug-likeness (QED) is 0.855. The van der Waals surface area contributed by atoms with Crippen molar-refractivity contribution in [3.8, 4) is 0 Å². The van der Waals surface area contributed by atoms with Gasteiger partial charge in [0.25, 0.3) is 0 Å². The van der Waals surface area contributed by atoms with Gasteiger partial charge in [-0.25, -0.2) is 0 Å². The Labute approximate surface area is 104 Å². The molecule has 1 saturated heterocycles. The third-order valence-corrected chi connectivity index (χ3v) is 3.63. The minimum absolute atomic E-state index is 0.734. The molecule has 2 N–H and O–H groups in total. The fourth-order valence-corrected chi connectivity index (χ4v) is 3.06. The molecule has 4 heteroatoms. The van der Waals surface area contributed by atoms with E-state index in [0.717, 1.165) is 48.5 Å². The van der Waals surface area contributed by atoms with E-state index in [4.69, 9.17) is 5.73 Å². The molecule has 0 amide bonds. The van der Waals surface area contributed by atoms with Crippen LogP contribution in [0.2, 0.25) is 0 Å². The Morgan fingerprint density at radius 1 is 1.29 bits per heavy atom. The molecule has 0 radical (unpaired) electrons. The molecule has 1 fully saturated rings. The molecule has 17 heavy (non-hydrogen) atoms. The van der Waals surface area contributed by atoms with Crippen LogP contribution in [0, 0.1) is 11.8 Å². The second-order valence-electron chi connectivity index (χ2n) is 5.51. The molecular weight excluding hydrogens is 212 g/mol. The van der Waals surface area contributed by atoms with Crippen molar-refractivity contribution < 1.29 is 0 Å². The van der Waals surface area contributed by atoms with Gasteiger partial charge in [-0.1, -0.05) is 20.8 Å². The number of hydrogen-bond acceptors (Lipinski definition) is 3. The smallest absolute Gasteiger partial charge is 0.150 e. The number of hydrogen-bond donors (Lipinski definition) is 1. The number of piperidine rings is 1. The molecule has 1 aliphatic heterocycles. The van der Waals surface area contributed by atoms with Crippen molar-refractivity contribution in [2.75, 3.05) is 23.7 Å². The third kappa shape index (κ3) is 2.26. The van der Waals surface area contributed by atoms with Crippen LogP contribution in [0.1, 0.15) is 32.9 Å². The highest BCUT2D eigenvalue weighted by molar-refractivity contribution is 5.66. The van der Waals surface area contributed by atoms with Crippen molar-refractivity contribution in [1.82, 2.24) is 9.78 Å². The van der Waals surface area contributed by atoms with E-state index in [9.17, 15) is 0 Å². The standard InChI is InChI=1S/C13H24N4/c1-5-11-12(14)13(16(4)15-11)17-7-9(2)6-10(3)8-17/h9-10H,5-8,14H2,1-4H3. The molecule has 0 aliphatic carbocycles. The minimum Gasteiger partial charge on any atom is -0.394 e. The minimum atomic E-state index is 0.734. The maximum absolute atomic E-state index is 6.21. The first-order valence-corrected chi connectivity index (χ1v) is 6.59. The molecule has 2 heterocycles. The van der Waals surface area contributed by atoms with Gasteiger partial charge < -0.3 is 10.6 Å². The first-order valence-electron chi connectivity index (χ1n) is 6.59. The molecule has 1 aromatic rings. The van der Waals surface area contributed by atoms with E-state index in [1.807, 2.05) is 11.7 Å². The number of nitrogen functional groups attached to an aromatic ring is 1. The molecule has 96 valence electrons. The lowest BCUT2D eigenvalue weighted by Crippen LogP contribution is -2.40. The topological polar surface area (TPSA) is 47.1 Å². The van der Waals surface area contributed by atoms with Crippen LogP contribution in [-0.2, 0) is 13.5 Å². The zero-order chi connectivity index (χ0) is 12.6. The first kappa shape index (κ1) is 12.3. The Kier molecular flexibility index (Phi) is 3.31. The molecule has 2 rings (SSSR count). The highest BCUT2D eigenvalue weighted by atomic mass is 15.4. The second-order valence-corrected chi connectivity index (χ2v) is 5.51. The predicted molar refractivity (Wildman–Crippen MR) is 72.2 cm³/mol. The van der Waals surface area contributed by atoms with Crippen LogP contribution >= 0.6 is 0 Å². The number of nitrogens with zero attached hydrogens (tertiary/aromatic N) is 3. The molecule has 0 spiro atoms. The fraction of sp³-hybridized carbons (Fsp3) is 0.769. The van der Waals surface area contributed by atoms with Gasteiger partial charge in [0.05, 0.1) is 11.4 Å². The molecule has 0 aromatic carbocycles. The lowest BCUT2D eigenvalue weighted by molar-refractivity contribution is 0.353. The van der Waals surface area contributed by atoms with Gasteiger partial charge >= 0.3 is 0 Å². The van der Waals surface area contributed by atoms with Crippen LogP contribution in [0.5, 0.6) is 0 Å². The number of aromatic nitrogens is 2. The summed E-state index contributed by atoms with van der Waals surface area (Å²) >= 11 is 0. The van der Waals surface area contributed by atoms with Gasteiger partial charge in [0.1, 0.15) is 5.82 Å². The zero-order valence-electron chi connectivity index (χ0n) is 11.4. The highest BCUT2D eigenvalue weighted by Gasteiger charge is 2.26. The van der Waals surface area contributed by atoms with Gasteiger partial charge in [0.2, 0.25) is 0 Å². The summed E-state index contributed by atoms with van der Waals surface area (Å²) in [5, 5.41) is 4.50. The van der Waals surface area contributed by atoms with Crippen molar-refractivity contribution in [2.45, 2.75) is 33.6 Å². The average molecular weight is 236 g/mol. The molecule has 1 aromatic heterocycles. The Hall–Kier alpha value is -1.19. The van der Waals surface area contributed by atoms with Crippen LogP contribution in [0.25, 0.3) is 0 Å². The SMILES string of the molecule is CCc1nn(C)c(N2CC(C)CC(C)C2)c1N. The number of rotatable bonds is 2. The van der Waals surface area contributed by atoms with E-state index >= 15 is 0 Å². The van der Waals surface area contributed by atoms with Gasteiger partial charge in [0.15, 0.2) is 0 Å². The van der Waals surface area contributed by atoms with Gasteiger partial charge in [0, 0.05) is 20.1 Å². The van der Waals surface area contributed by atoms with Crippen LogP contribution in [-0.4, -0.2) is 22.9 Å². The van der Waals surface area contributed by atoms with E-state index in [2.05, 4.69) is 30.8 Å². The van der Waals surface area contributed by atoms with E-state index in [1.165, 1.54) is 6.42 Å². The summed E-state index contributed by atoms with van der Waals surface area (Å²) in [6.45, 7) is 8.92. The zero-order valence-corrected chi connectivity index (χ0v) is 11.4. The first-order chi connectivity index (χ1) is 8.02. The maximum Gasteiger partial charge on any atom is 0.150 e. The summed E-state index contributed by atoms with van der Waals surface area (Å²) in [4.78, 5) is 2.40. The van der Waals surface area contributed by atoms with Gasteiger partial charge in [-0.15, -0.1) is 0 Å². The lowest BCUT2D eigenvalue weighted by atomic mass is 9.92. The van der Waals surface area contributed by atoms with Gasteiger partial charge in [-0.2, -0.15) is 5.10 Å². The Morgan fingerprint density at radius 3 is 2.35 bits per heavy atom. The Bertz CT molecular complexity index is 386. The summed E-state index contributed by atoms with van der Waals surface area (Å²) in [6.07, 6.45) is 2.22. The molecule has 0 saturated carbocycles. The lowest BCUT2D eigenvalue weighted by Gasteiger charge is -2.36. The summed E-state index contributed by atoms with van der Waals surface area (Å²) in [5.74, 6) is 2.58. The fourth-order valence-electron chi connectivity index (χ4n) is 3.06. The monoisotopic (exact) mass is 236 g/mol. The van der Waals surface area contributed by atoms with E-state index in [0.29, 0.717) is 0 Å². The van der Waals surface area contributed by atoms with Crippen molar-refractivity contribution in [3.63, 3.8) is 0 Å². The van der Waals surface area contributed by atoms with Crippen molar-refractivity contribution in [1.29, 1.82) is 0 Å². The van der Waals surface area contributed by atoms with E-state index in [-0.39, 0.29) is 0 Å². The van der Waals surface area contributed by atoms with E-state index < -0.39 is 0 Å². The molecular formula is C13H24N4. The number of aryl methyl sites for hydroxylation is 2. The molecule has 2 unspecified atom stereocenters. The molecule has 1 aliphatic rings. The third-order valence-electron chi connectivity index (χ3n) is 3.63. The highest BCUT2D eigenvalue weighted by Crippen LogP contribution is 2.31. The van der Waals surface area contributed by atoms with Gasteiger partial charge in [-0.05, 0) is 24.7 Å². The predicted octanol–water partition coefficient (Wildman–Crippen LogP) is 2.05. The van der Waals surface area contributed by atoms with Crippen LogP contribution in [0.15, 0.2) is 0 Å². The van der Waals surface area contributed by atoms with Crippen LogP contribution in [0.3, 0.4) is 0 Å². The van der Waals surface area contributed by atoms with Crippen molar-refractivity contribution in [2.24, 2.45) is 18.9 Å². The summed E-state index contributed by atoms with van der Waals surface area (Å²) < 4.78 is 1.94. The molecule has 4 nitrogen and oxygen atoms in total.